The monoisotopic (exact) mass is 327 g/mol. The molecule has 0 amide bonds. The van der Waals surface area contributed by atoms with Crippen LogP contribution < -0.4 is 0 Å². The first-order valence-corrected chi connectivity index (χ1v) is 9.13. The third-order valence-electron chi connectivity index (χ3n) is 4.00. The molecule has 0 rings (SSSR count). The Labute approximate surface area is 140 Å². The van der Waals surface area contributed by atoms with Crippen molar-refractivity contribution in [1.29, 1.82) is 0 Å². The summed E-state index contributed by atoms with van der Waals surface area (Å²) in [6, 6.07) is 0. The van der Waals surface area contributed by atoms with Crippen molar-refractivity contribution in [1.82, 2.24) is 0 Å². The number of carboxylic acids is 1. The van der Waals surface area contributed by atoms with Crippen LogP contribution in [0.2, 0.25) is 0 Å². The highest BCUT2D eigenvalue weighted by Gasteiger charge is 2.09. The minimum atomic E-state index is -0.723. The van der Waals surface area contributed by atoms with Gasteiger partial charge < -0.3 is 5.11 Å². The van der Waals surface area contributed by atoms with Crippen molar-refractivity contribution < 1.29 is 14.8 Å². The molecule has 23 heavy (non-hydrogen) atoms. The zero-order chi connectivity index (χ0) is 17.3. The first kappa shape index (κ1) is 21.6. The molecule has 0 aromatic carbocycles. The third-order valence-corrected chi connectivity index (χ3v) is 4.00. The fourth-order valence-corrected chi connectivity index (χ4v) is 2.57. The van der Waals surface area contributed by atoms with Crippen LogP contribution in [0.4, 0.5) is 0 Å². The van der Waals surface area contributed by atoms with Crippen LogP contribution in [-0.2, 0) is 4.79 Å². The highest BCUT2D eigenvalue weighted by atomic mass is 16.6. The van der Waals surface area contributed by atoms with E-state index in [0.29, 0.717) is 12.1 Å². The van der Waals surface area contributed by atoms with E-state index in [1.54, 1.807) is 0 Å². The predicted octanol–water partition coefficient (Wildman–Crippen LogP) is 5.71. The molecule has 0 radical (unpaired) electrons. The van der Waals surface area contributed by atoms with Gasteiger partial charge in [-0.2, -0.15) is 0 Å². The molecule has 0 fully saturated rings. The number of nitrogens with zero attached hydrogens (tertiary/aromatic N) is 1. The molecule has 0 saturated carbocycles. The summed E-state index contributed by atoms with van der Waals surface area (Å²) in [7, 11) is 0. The highest BCUT2D eigenvalue weighted by Crippen LogP contribution is 2.15. The Hall–Kier alpha value is -1.39. The second-order valence-electron chi connectivity index (χ2n) is 6.17. The van der Waals surface area contributed by atoms with E-state index in [1.807, 2.05) is 6.08 Å². The first-order valence-electron chi connectivity index (χ1n) is 9.13. The molecule has 0 aromatic heterocycles. The molecule has 0 aliphatic carbocycles. The molecule has 0 unspecified atom stereocenters. The van der Waals surface area contributed by atoms with Gasteiger partial charge in [-0.3, -0.25) is 14.9 Å². The van der Waals surface area contributed by atoms with E-state index in [2.05, 4.69) is 6.92 Å². The van der Waals surface area contributed by atoms with E-state index in [4.69, 9.17) is 5.11 Å². The van der Waals surface area contributed by atoms with Gasteiger partial charge in [0.25, 0.3) is 0 Å². The molecular weight excluding hydrogens is 294 g/mol. The van der Waals surface area contributed by atoms with Gasteiger partial charge in [-0.1, -0.05) is 58.3 Å². The van der Waals surface area contributed by atoms with E-state index in [9.17, 15) is 14.9 Å². The fourth-order valence-electron chi connectivity index (χ4n) is 2.57. The number of carboxylic acid groups (broad SMARTS) is 1. The molecule has 0 atom stereocenters. The maximum atomic E-state index is 11.0. The summed E-state index contributed by atoms with van der Waals surface area (Å²) in [5, 5.41) is 19.5. The average molecular weight is 327 g/mol. The molecule has 134 valence electrons. The summed E-state index contributed by atoms with van der Waals surface area (Å²) in [5.74, 6) is -0.723. The van der Waals surface area contributed by atoms with Crippen molar-refractivity contribution in [3.63, 3.8) is 0 Å². The Balaban J connectivity index is 3.62. The van der Waals surface area contributed by atoms with Crippen molar-refractivity contribution in [2.75, 3.05) is 0 Å². The van der Waals surface area contributed by atoms with E-state index in [-0.39, 0.29) is 11.3 Å². The number of rotatable bonds is 16. The highest BCUT2D eigenvalue weighted by molar-refractivity contribution is 5.66. The minimum absolute atomic E-state index is 0.230. The average Bonchev–Trinajstić information content (AvgIpc) is 2.50. The van der Waals surface area contributed by atoms with Crippen molar-refractivity contribution >= 4 is 5.97 Å². The Kier molecular flexibility index (Phi) is 14.6. The molecule has 0 aliphatic heterocycles. The van der Waals surface area contributed by atoms with Crippen molar-refractivity contribution in [2.24, 2.45) is 0 Å². The smallest absolute Gasteiger partial charge is 0.303 e. The number of carbonyl (C=O) groups is 1. The number of unbranched alkanes of at least 4 members (excludes halogenated alkanes) is 10. The fraction of sp³-hybridized carbons (Fsp3) is 0.833. The normalized spacial score (nSPS) is 11.6. The van der Waals surface area contributed by atoms with E-state index < -0.39 is 5.97 Å². The van der Waals surface area contributed by atoms with Crippen LogP contribution in [-0.4, -0.2) is 16.0 Å². The van der Waals surface area contributed by atoms with Gasteiger partial charge in [0, 0.05) is 12.8 Å². The number of hydrogen-bond acceptors (Lipinski definition) is 3. The van der Waals surface area contributed by atoms with Crippen molar-refractivity contribution in [3.05, 3.63) is 21.9 Å². The quantitative estimate of drug-likeness (QED) is 0.223. The Bertz CT molecular complexity index is 353. The Morgan fingerprint density at radius 1 is 0.913 bits per heavy atom. The number of hydrogen-bond donors (Lipinski definition) is 1. The summed E-state index contributed by atoms with van der Waals surface area (Å²) in [4.78, 5) is 21.1. The van der Waals surface area contributed by atoms with E-state index in [0.717, 1.165) is 64.2 Å². The third kappa shape index (κ3) is 15.3. The van der Waals surface area contributed by atoms with Gasteiger partial charge in [0.15, 0.2) is 0 Å². The van der Waals surface area contributed by atoms with Crippen molar-refractivity contribution in [3.8, 4) is 0 Å². The van der Waals surface area contributed by atoms with Gasteiger partial charge >= 0.3 is 5.97 Å². The summed E-state index contributed by atoms with van der Waals surface area (Å²) < 4.78 is 0. The molecule has 5 nitrogen and oxygen atoms in total. The molecule has 0 aliphatic rings. The maximum Gasteiger partial charge on any atom is 0.303 e. The van der Waals surface area contributed by atoms with Crippen LogP contribution >= 0.6 is 0 Å². The molecule has 0 spiro atoms. The van der Waals surface area contributed by atoms with Gasteiger partial charge in [0.1, 0.15) is 0 Å². The first-order chi connectivity index (χ1) is 11.1. The van der Waals surface area contributed by atoms with Gasteiger partial charge in [0.2, 0.25) is 5.70 Å². The molecule has 0 aromatic rings. The van der Waals surface area contributed by atoms with Crippen LogP contribution in [0.5, 0.6) is 0 Å². The van der Waals surface area contributed by atoms with Crippen LogP contribution in [0.25, 0.3) is 0 Å². The maximum absolute atomic E-state index is 11.0. The predicted molar refractivity (Wildman–Crippen MR) is 93.0 cm³/mol. The van der Waals surface area contributed by atoms with E-state index in [1.165, 1.54) is 12.8 Å². The van der Waals surface area contributed by atoms with Gasteiger partial charge in [-0.15, -0.1) is 0 Å². The lowest BCUT2D eigenvalue weighted by atomic mass is 10.1. The molecule has 5 heteroatoms. The van der Waals surface area contributed by atoms with E-state index >= 15 is 0 Å². The van der Waals surface area contributed by atoms with Crippen LogP contribution in [0.3, 0.4) is 0 Å². The number of nitro groups is 1. The zero-order valence-electron chi connectivity index (χ0n) is 14.6. The molecule has 0 bridgehead atoms. The largest absolute Gasteiger partial charge is 0.481 e. The topological polar surface area (TPSA) is 80.4 Å². The second-order valence-corrected chi connectivity index (χ2v) is 6.17. The minimum Gasteiger partial charge on any atom is -0.481 e. The molecular formula is C18H33NO4. The Morgan fingerprint density at radius 2 is 1.43 bits per heavy atom. The molecule has 0 heterocycles. The van der Waals surface area contributed by atoms with Gasteiger partial charge in [-0.05, 0) is 31.8 Å². The summed E-state index contributed by atoms with van der Waals surface area (Å²) >= 11 is 0. The van der Waals surface area contributed by atoms with Gasteiger partial charge in [0.05, 0.1) is 4.92 Å². The second kappa shape index (κ2) is 15.5. The molecule has 1 N–H and O–H groups in total. The Morgan fingerprint density at radius 3 is 1.96 bits per heavy atom. The standard InChI is InChI=1S/C18H33NO4/c1-2-3-4-8-11-14-17(19(22)23)15-12-9-6-5-7-10-13-16-18(20)21/h14H,2-13,15-16H2,1H3,(H,20,21)/b17-14+. The lowest BCUT2D eigenvalue weighted by molar-refractivity contribution is -0.428. The van der Waals surface area contributed by atoms with Crippen molar-refractivity contribution in [2.45, 2.75) is 96.8 Å². The van der Waals surface area contributed by atoms with Gasteiger partial charge in [-0.25, -0.2) is 0 Å². The summed E-state index contributed by atoms with van der Waals surface area (Å²) in [6.45, 7) is 2.16. The summed E-state index contributed by atoms with van der Waals surface area (Å²) in [6.07, 6.45) is 14.9. The number of aliphatic carboxylic acids is 1. The van der Waals surface area contributed by atoms with Crippen LogP contribution in [0, 0.1) is 10.1 Å². The SMILES string of the molecule is CCCCCC/C=C(\CCCCCCCCCC(=O)O)[N+](=O)[O-]. The number of allylic oxidation sites excluding steroid dienone is 2. The van der Waals surface area contributed by atoms with Crippen LogP contribution in [0.1, 0.15) is 96.8 Å². The summed E-state index contributed by atoms with van der Waals surface area (Å²) in [5.41, 5.74) is 0.378. The molecule has 0 saturated heterocycles. The lowest BCUT2D eigenvalue weighted by Crippen LogP contribution is -1.99. The lowest BCUT2D eigenvalue weighted by Gasteiger charge is -2.02. The van der Waals surface area contributed by atoms with Crippen LogP contribution in [0.15, 0.2) is 11.8 Å². The zero-order valence-corrected chi connectivity index (χ0v) is 14.6.